The van der Waals surface area contributed by atoms with Crippen molar-refractivity contribution < 1.29 is 17.7 Å². The van der Waals surface area contributed by atoms with Gasteiger partial charge < -0.3 is 24.8 Å². The van der Waals surface area contributed by atoms with Crippen molar-refractivity contribution in [3.05, 3.63) is 52.9 Å². The predicted octanol–water partition coefficient (Wildman–Crippen LogP) is 5.12. The largest absolute Gasteiger partial charge is 0.494 e. The summed E-state index contributed by atoms with van der Waals surface area (Å²) in [7, 11) is -4.03. The highest BCUT2D eigenvalue weighted by molar-refractivity contribution is 9.10. The van der Waals surface area contributed by atoms with Crippen molar-refractivity contribution >= 4 is 78.1 Å². The molecule has 274 valence electrons. The van der Waals surface area contributed by atoms with Gasteiger partial charge in [0.15, 0.2) is 0 Å². The Morgan fingerprint density at radius 2 is 1.71 bits per heavy atom. The van der Waals surface area contributed by atoms with E-state index in [0.29, 0.717) is 56.6 Å². The normalized spacial score (nSPS) is 16.8. The third-order valence-electron chi connectivity index (χ3n) is 9.68. The molecule has 16 heteroatoms. The van der Waals surface area contributed by atoms with Crippen molar-refractivity contribution in [2.45, 2.75) is 32.2 Å². The zero-order chi connectivity index (χ0) is 36.3. The van der Waals surface area contributed by atoms with Crippen LogP contribution in [0.3, 0.4) is 0 Å². The number of nitrogens with zero attached hydrogens (tertiary/aromatic N) is 7. The Labute approximate surface area is 309 Å². The van der Waals surface area contributed by atoms with Gasteiger partial charge in [-0.05, 0) is 72.3 Å². The molecule has 4 aromatic rings. The van der Waals surface area contributed by atoms with Crippen molar-refractivity contribution in [3.8, 4) is 5.75 Å². The lowest BCUT2D eigenvalue weighted by Gasteiger charge is -2.43. The molecule has 2 aromatic heterocycles. The van der Waals surface area contributed by atoms with Gasteiger partial charge in [-0.1, -0.05) is 6.92 Å². The highest BCUT2D eigenvalue weighted by Crippen LogP contribution is 2.42. The number of hydrogen-bond acceptors (Lipinski definition) is 13. The van der Waals surface area contributed by atoms with Gasteiger partial charge in [0, 0.05) is 88.5 Å². The summed E-state index contributed by atoms with van der Waals surface area (Å²) >= 11 is 3.58. The van der Waals surface area contributed by atoms with E-state index >= 15 is 0 Å². The molecule has 2 aliphatic heterocycles. The summed E-state index contributed by atoms with van der Waals surface area (Å²) in [5.41, 5.74) is 5.07. The molecular formula is C35H47BrN9O4PS. The molecule has 2 saturated heterocycles. The topological polar surface area (TPSA) is 146 Å². The lowest BCUT2D eigenvalue weighted by Crippen LogP contribution is -2.53. The molecular weight excluding hydrogens is 753 g/mol. The number of benzene rings is 2. The van der Waals surface area contributed by atoms with E-state index in [1.807, 2.05) is 12.1 Å². The van der Waals surface area contributed by atoms with Gasteiger partial charge in [-0.15, -0.1) is 0 Å². The van der Waals surface area contributed by atoms with E-state index in [2.05, 4.69) is 75.3 Å². The minimum Gasteiger partial charge on any atom is -0.494 e. The third kappa shape index (κ3) is 9.00. The lowest BCUT2D eigenvalue weighted by atomic mass is 9.99. The molecule has 0 radical (unpaired) electrons. The number of piperidine rings is 1. The summed E-state index contributed by atoms with van der Waals surface area (Å²) < 4.78 is 43.2. The van der Waals surface area contributed by atoms with Crippen molar-refractivity contribution in [2.75, 3.05) is 93.8 Å². The van der Waals surface area contributed by atoms with Crippen LogP contribution < -0.4 is 25.6 Å². The van der Waals surface area contributed by atoms with E-state index in [4.69, 9.17) is 9.72 Å². The minimum absolute atomic E-state index is 0.226. The monoisotopic (exact) mass is 799 g/mol. The molecule has 0 spiro atoms. The molecule has 0 unspecified atom stereocenters. The first-order valence-corrected chi connectivity index (χ1v) is 22.7. The van der Waals surface area contributed by atoms with E-state index < -0.39 is 17.0 Å². The molecule has 2 aromatic carbocycles. The average molecular weight is 801 g/mol. The quantitative estimate of drug-likeness (QED) is 0.183. The molecule has 0 amide bonds. The molecule has 0 atom stereocenters. The van der Waals surface area contributed by atoms with Crippen LogP contribution in [0.1, 0.15) is 25.3 Å². The zero-order valence-electron chi connectivity index (χ0n) is 29.9. The Kier molecular flexibility index (Phi) is 11.5. The van der Waals surface area contributed by atoms with Gasteiger partial charge in [-0.25, -0.2) is 13.4 Å². The molecule has 2 N–H and O–H groups in total. The number of aryl methyl sites for hydroxylation is 1. The van der Waals surface area contributed by atoms with Crippen LogP contribution in [0.2, 0.25) is 0 Å². The molecule has 0 saturated carbocycles. The van der Waals surface area contributed by atoms with Gasteiger partial charge in [-0.3, -0.25) is 19.8 Å². The number of aromatic nitrogens is 4. The number of sulfone groups is 1. The Morgan fingerprint density at radius 1 is 0.980 bits per heavy atom. The second-order valence-electron chi connectivity index (χ2n) is 13.6. The van der Waals surface area contributed by atoms with E-state index in [-0.39, 0.29) is 5.75 Å². The van der Waals surface area contributed by atoms with Crippen LogP contribution in [-0.4, -0.2) is 122 Å². The van der Waals surface area contributed by atoms with Crippen molar-refractivity contribution in [1.29, 1.82) is 0 Å². The summed E-state index contributed by atoms with van der Waals surface area (Å²) in [5.74, 6) is 1.81. The van der Waals surface area contributed by atoms with E-state index in [1.165, 1.54) is 17.5 Å². The summed E-state index contributed by atoms with van der Waals surface area (Å²) in [6.07, 6.45) is 9.22. The van der Waals surface area contributed by atoms with E-state index in [9.17, 15) is 13.0 Å². The lowest BCUT2D eigenvalue weighted by molar-refractivity contribution is 0.0882. The number of piperazine rings is 1. The van der Waals surface area contributed by atoms with Crippen LogP contribution in [0.4, 0.5) is 28.8 Å². The number of rotatable bonds is 12. The van der Waals surface area contributed by atoms with Crippen molar-refractivity contribution in [2.24, 2.45) is 0 Å². The Balaban J connectivity index is 1.15. The van der Waals surface area contributed by atoms with Gasteiger partial charge in [0.25, 0.3) is 0 Å². The molecule has 0 bridgehead atoms. The Morgan fingerprint density at radius 3 is 2.37 bits per heavy atom. The number of methoxy groups -OCH3 is 1. The second kappa shape index (κ2) is 15.7. The second-order valence-corrected chi connectivity index (χ2v) is 19.9. The van der Waals surface area contributed by atoms with Crippen LogP contribution >= 0.6 is 23.1 Å². The zero-order valence-corrected chi connectivity index (χ0v) is 33.2. The van der Waals surface area contributed by atoms with Crippen LogP contribution in [0, 0.1) is 0 Å². The summed E-state index contributed by atoms with van der Waals surface area (Å²) in [6, 6.07) is 8.48. The number of anilines is 5. The smallest absolute Gasteiger partial charge is 0.229 e. The van der Waals surface area contributed by atoms with Gasteiger partial charge in [0.1, 0.15) is 34.1 Å². The first-order chi connectivity index (χ1) is 24.3. The summed E-state index contributed by atoms with van der Waals surface area (Å²) in [6.45, 7) is 11.9. The van der Waals surface area contributed by atoms with Gasteiger partial charge in [0.2, 0.25) is 5.95 Å². The number of halogens is 1. The third-order valence-corrected chi connectivity index (χ3v) is 12.7. The molecule has 2 fully saturated rings. The summed E-state index contributed by atoms with van der Waals surface area (Å²) in [4.78, 5) is 25.5. The van der Waals surface area contributed by atoms with E-state index in [0.717, 1.165) is 64.2 Å². The van der Waals surface area contributed by atoms with Crippen molar-refractivity contribution in [3.63, 3.8) is 0 Å². The molecule has 13 nitrogen and oxygen atoms in total. The fourth-order valence-corrected chi connectivity index (χ4v) is 9.28. The van der Waals surface area contributed by atoms with Crippen LogP contribution in [-0.2, 0) is 20.8 Å². The number of fused-ring (bicyclic) bond motifs is 1. The molecule has 6 rings (SSSR count). The van der Waals surface area contributed by atoms with E-state index in [1.54, 1.807) is 39.0 Å². The first-order valence-electron chi connectivity index (χ1n) is 17.3. The highest BCUT2D eigenvalue weighted by atomic mass is 79.9. The average Bonchev–Trinajstić information content (AvgIpc) is 3.11. The standard InChI is InChI=1S/C35H47BrN9O4PS/c1-6-24-21-29(31(49-2)22-30(24)45-13-9-25(10-14-45)44-17-15-43(16-18-44)19-20-51(5,47)48)41-35-39-23-26(36)34(42-35)40-28-8-7-27-32(38-12-11-37-27)33(28)50(3,4)46/h7-8,11-12,21-23,25H,6,9-10,13-20H2,1-5H3,(H2,39,40,41,42). The van der Waals surface area contributed by atoms with Crippen LogP contribution in [0.25, 0.3) is 11.0 Å². The summed E-state index contributed by atoms with van der Waals surface area (Å²) in [5, 5.41) is 7.36. The van der Waals surface area contributed by atoms with Gasteiger partial charge in [0.05, 0.1) is 39.5 Å². The number of hydrogen-bond donors (Lipinski definition) is 2. The van der Waals surface area contributed by atoms with Gasteiger partial charge in [-0.2, -0.15) is 4.98 Å². The molecule has 0 aliphatic carbocycles. The number of ether oxygens (including phenoxy) is 1. The molecule has 2 aliphatic rings. The van der Waals surface area contributed by atoms with Crippen LogP contribution in [0.5, 0.6) is 5.75 Å². The predicted molar refractivity (Wildman–Crippen MR) is 210 cm³/mol. The minimum atomic E-state index is -2.94. The first kappa shape index (κ1) is 37.4. The SMILES string of the molecule is CCc1cc(Nc2ncc(Br)c(Nc3ccc4nccnc4c3P(C)(C)=O)n2)c(OC)cc1N1CCC(N2CCN(CCS(C)(=O)=O)CC2)CC1. The maximum Gasteiger partial charge on any atom is 0.229 e. The maximum absolute atomic E-state index is 13.5. The number of nitrogens with one attached hydrogen (secondary N) is 2. The fourth-order valence-electron chi connectivity index (χ4n) is 7.01. The highest BCUT2D eigenvalue weighted by Gasteiger charge is 2.29. The van der Waals surface area contributed by atoms with Crippen molar-refractivity contribution in [1.82, 2.24) is 29.7 Å². The van der Waals surface area contributed by atoms with Gasteiger partial charge >= 0.3 is 0 Å². The molecule has 51 heavy (non-hydrogen) atoms. The molecule has 4 heterocycles. The van der Waals surface area contributed by atoms with Crippen LogP contribution in [0.15, 0.2) is 47.3 Å². The Bertz CT molecular complexity index is 2030. The fraction of sp³-hybridized carbons (Fsp3) is 0.486. The Hall–Kier alpha value is -3.36. The maximum atomic E-state index is 13.5.